The van der Waals surface area contributed by atoms with E-state index in [2.05, 4.69) is 24.0 Å². The molecular formula is C13H15ClFN3O. The molecule has 0 atom stereocenters. The van der Waals surface area contributed by atoms with Crippen molar-refractivity contribution in [2.24, 2.45) is 5.92 Å². The fourth-order valence-corrected chi connectivity index (χ4v) is 2.04. The van der Waals surface area contributed by atoms with Gasteiger partial charge in [0.15, 0.2) is 11.6 Å². The molecule has 0 bridgehead atoms. The summed E-state index contributed by atoms with van der Waals surface area (Å²) >= 11 is 5.78. The first-order chi connectivity index (χ1) is 9.02. The zero-order valence-corrected chi connectivity index (χ0v) is 11.5. The van der Waals surface area contributed by atoms with Crippen molar-refractivity contribution >= 4 is 11.6 Å². The highest BCUT2D eigenvalue weighted by Crippen LogP contribution is 2.25. The molecule has 0 aliphatic heterocycles. The molecule has 0 radical (unpaired) electrons. The van der Waals surface area contributed by atoms with Crippen LogP contribution in [0.5, 0.6) is 0 Å². The Hall–Kier alpha value is -1.46. The van der Waals surface area contributed by atoms with E-state index >= 15 is 0 Å². The van der Waals surface area contributed by atoms with Crippen LogP contribution >= 0.6 is 11.6 Å². The molecule has 0 unspecified atom stereocenters. The third-order valence-corrected chi connectivity index (χ3v) is 2.98. The standard InChI is InChI=1S/C13H15ClFN3O/c1-8(2)6-18-12(7-19)16-17-13(18)9-3-4-11(15)10(14)5-9/h3-5,8,19H,6-7H2,1-2H3. The maximum atomic E-state index is 13.2. The van der Waals surface area contributed by atoms with E-state index in [1.54, 1.807) is 6.07 Å². The number of rotatable bonds is 4. The Labute approximate surface area is 115 Å². The molecule has 1 aromatic carbocycles. The molecule has 1 aromatic heterocycles. The van der Waals surface area contributed by atoms with Gasteiger partial charge in [0.2, 0.25) is 0 Å². The molecule has 0 aliphatic rings. The molecule has 0 aliphatic carbocycles. The minimum Gasteiger partial charge on any atom is -0.388 e. The third-order valence-electron chi connectivity index (χ3n) is 2.69. The second-order valence-electron chi connectivity index (χ2n) is 4.73. The molecular weight excluding hydrogens is 269 g/mol. The summed E-state index contributed by atoms with van der Waals surface area (Å²) in [6, 6.07) is 4.41. The van der Waals surface area contributed by atoms with Gasteiger partial charge in [-0.2, -0.15) is 0 Å². The van der Waals surface area contributed by atoms with Crippen LogP contribution in [0.1, 0.15) is 19.7 Å². The molecule has 1 N–H and O–H groups in total. The largest absolute Gasteiger partial charge is 0.388 e. The van der Waals surface area contributed by atoms with Crippen LogP contribution in [0, 0.1) is 11.7 Å². The van der Waals surface area contributed by atoms with Crippen molar-refractivity contribution in [3.63, 3.8) is 0 Å². The van der Waals surface area contributed by atoms with Crippen molar-refractivity contribution in [1.29, 1.82) is 0 Å². The first-order valence-electron chi connectivity index (χ1n) is 6.01. The van der Waals surface area contributed by atoms with E-state index in [9.17, 15) is 9.50 Å². The molecule has 6 heteroatoms. The number of aromatic nitrogens is 3. The summed E-state index contributed by atoms with van der Waals surface area (Å²) in [7, 11) is 0. The lowest BCUT2D eigenvalue weighted by Gasteiger charge is -2.12. The average Bonchev–Trinajstić information content (AvgIpc) is 2.75. The number of benzene rings is 1. The summed E-state index contributed by atoms with van der Waals surface area (Å²) in [5, 5.41) is 17.3. The van der Waals surface area contributed by atoms with Gasteiger partial charge in [0, 0.05) is 12.1 Å². The van der Waals surface area contributed by atoms with Crippen LogP contribution < -0.4 is 0 Å². The normalized spacial score (nSPS) is 11.3. The zero-order valence-electron chi connectivity index (χ0n) is 10.8. The lowest BCUT2D eigenvalue weighted by atomic mass is 10.2. The fraction of sp³-hybridized carbons (Fsp3) is 0.385. The molecule has 1 heterocycles. The van der Waals surface area contributed by atoms with Crippen LogP contribution in [0.25, 0.3) is 11.4 Å². The highest BCUT2D eigenvalue weighted by Gasteiger charge is 2.15. The van der Waals surface area contributed by atoms with Crippen molar-refractivity contribution < 1.29 is 9.50 Å². The molecule has 2 aromatic rings. The number of aliphatic hydroxyl groups is 1. The number of aliphatic hydroxyl groups excluding tert-OH is 1. The highest BCUT2D eigenvalue weighted by molar-refractivity contribution is 6.31. The monoisotopic (exact) mass is 283 g/mol. The lowest BCUT2D eigenvalue weighted by Crippen LogP contribution is -2.10. The number of nitrogens with zero attached hydrogens (tertiary/aromatic N) is 3. The van der Waals surface area contributed by atoms with Crippen molar-refractivity contribution in [2.75, 3.05) is 0 Å². The maximum absolute atomic E-state index is 13.2. The van der Waals surface area contributed by atoms with Gasteiger partial charge in [-0.25, -0.2) is 4.39 Å². The number of hydrogen-bond donors (Lipinski definition) is 1. The molecule has 0 spiro atoms. The smallest absolute Gasteiger partial charge is 0.164 e. The van der Waals surface area contributed by atoms with Crippen LogP contribution in [0.4, 0.5) is 4.39 Å². The van der Waals surface area contributed by atoms with E-state index < -0.39 is 5.82 Å². The van der Waals surface area contributed by atoms with Gasteiger partial charge in [-0.15, -0.1) is 10.2 Å². The summed E-state index contributed by atoms with van der Waals surface area (Å²) < 4.78 is 15.0. The van der Waals surface area contributed by atoms with E-state index in [0.29, 0.717) is 29.7 Å². The van der Waals surface area contributed by atoms with Gasteiger partial charge in [-0.3, -0.25) is 0 Å². The van der Waals surface area contributed by atoms with Gasteiger partial charge >= 0.3 is 0 Å². The van der Waals surface area contributed by atoms with Crippen LogP contribution in [0.2, 0.25) is 5.02 Å². The summed E-state index contributed by atoms with van der Waals surface area (Å²) in [5.41, 5.74) is 0.680. The van der Waals surface area contributed by atoms with Gasteiger partial charge in [0.05, 0.1) is 5.02 Å². The van der Waals surface area contributed by atoms with Gasteiger partial charge in [0.25, 0.3) is 0 Å². The molecule has 0 fully saturated rings. The van der Waals surface area contributed by atoms with Gasteiger partial charge in [0.1, 0.15) is 12.4 Å². The van der Waals surface area contributed by atoms with Gasteiger partial charge in [-0.05, 0) is 24.1 Å². The second-order valence-corrected chi connectivity index (χ2v) is 5.14. The van der Waals surface area contributed by atoms with Crippen LogP contribution in [0.3, 0.4) is 0 Å². The predicted octanol–water partition coefficient (Wildman–Crippen LogP) is 2.89. The Balaban J connectivity index is 2.48. The first-order valence-corrected chi connectivity index (χ1v) is 6.39. The second kappa shape index (κ2) is 5.67. The summed E-state index contributed by atoms with van der Waals surface area (Å²) in [4.78, 5) is 0. The third kappa shape index (κ3) is 2.93. The minimum absolute atomic E-state index is 0.0437. The van der Waals surface area contributed by atoms with E-state index in [1.807, 2.05) is 4.57 Å². The quantitative estimate of drug-likeness (QED) is 0.939. The number of hydrogen-bond acceptors (Lipinski definition) is 3. The minimum atomic E-state index is -0.470. The number of halogens is 2. The maximum Gasteiger partial charge on any atom is 0.164 e. The molecule has 0 saturated carbocycles. The Morgan fingerprint density at radius 1 is 1.37 bits per heavy atom. The van der Waals surface area contributed by atoms with E-state index in [-0.39, 0.29) is 11.6 Å². The fourth-order valence-electron chi connectivity index (χ4n) is 1.86. The molecule has 19 heavy (non-hydrogen) atoms. The van der Waals surface area contributed by atoms with Crippen molar-refractivity contribution in [1.82, 2.24) is 14.8 Å². The van der Waals surface area contributed by atoms with Crippen molar-refractivity contribution in [2.45, 2.75) is 27.0 Å². The topological polar surface area (TPSA) is 50.9 Å². The van der Waals surface area contributed by atoms with Gasteiger partial charge < -0.3 is 9.67 Å². The first kappa shape index (κ1) is 14.0. The predicted molar refractivity (Wildman–Crippen MR) is 71.2 cm³/mol. The molecule has 4 nitrogen and oxygen atoms in total. The average molecular weight is 284 g/mol. The van der Waals surface area contributed by atoms with E-state index in [4.69, 9.17) is 11.6 Å². The van der Waals surface area contributed by atoms with Crippen molar-refractivity contribution in [3.8, 4) is 11.4 Å². The summed E-state index contributed by atoms with van der Waals surface area (Å²) in [6.07, 6.45) is 0. The van der Waals surface area contributed by atoms with Crippen LogP contribution in [0.15, 0.2) is 18.2 Å². The Morgan fingerprint density at radius 2 is 2.11 bits per heavy atom. The lowest BCUT2D eigenvalue weighted by molar-refractivity contribution is 0.262. The van der Waals surface area contributed by atoms with Crippen LogP contribution in [-0.4, -0.2) is 19.9 Å². The molecule has 2 rings (SSSR count). The molecule has 0 amide bonds. The SMILES string of the molecule is CC(C)Cn1c(CO)nnc1-c1ccc(F)c(Cl)c1. The van der Waals surface area contributed by atoms with Crippen molar-refractivity contribution in [3.05, 3.63) is 34.9 Å². The summed E-state index contributed by atoms with van der Waals surface area (Å²) in [6.45, 7) is 4.60. The Kier molecular flexibility index (Phi) is 4.17. The molecule has 0 saturated heterocycles. The van der Waals surface area contributed by atoms with E-state index in [0.717, 1.165) is 0 Å². The summed E-state index contributed by atoms with van der Waals surface area (Å²) in [5.74, 6) is 0.975. The zero-order chi connectivity index (χ0) is 14.0. The highest BCUT2D eigenvalue weighted by atomic mass is 35.5. The molecule has 102 valence electrons. The van der Waals surface area contributed by atoms with Crippen LogP contribution in [-0.2, 0) is 13.2 Å². The Bertz CT molecular complexity index is 583. The Morgan fingerprint density at radius 3 is 2.68 bits per heavy atom. The van der Waals surface area contributed by atoms with E-state index in [1.165, 1.54) is 12.1 Å². The van der Waals surface area contributed by atoms with Gasteiger partial charge in [-0.1, -0.05) is 25.4 Å².